The SMILES string of the molecule is CN(C)C(=O)CN1C(=O)COC(c2ccc(NC(=O)Nc3ccccc3)cc2)C1CO. The number of aliphatic hydroxyl groups excluding tert-OH is 1. The van der Waals surface area contributed by atoms with Crippen LogP contribution in [0, 0.1) is 0 Å². The maximum Gasteiger partial charge on any atom is 0.323 e. The van der Waals surface area contributed by atoms with Gasteiger partial charge in [0.15, 0.2) is 0 Å². The third-order valence-corrected chi connectivity index (χ3v) is 4.98. The van der Waals surface area contributed by atoms with Crippen molar-refractivity contribution in [3.8, 4) is 0 Å². The molecule has 0 bridgehead atoms. The summed E-state index contributed by atoms with van der Waals surface area (Å²) in [6.07, 6.45) is -0.593. The van der Waals surface area contributed by atoms with Crippen LogP contribution in [0.4, 0.5) is 16.2 Å². The number of morpholine rings is 1. The first kappa shape index (κ1) is 22.3. The van der Waals surface area contributed by atoms with Crippen molar-refractivity contribution >= 4 is 29.2 Å². The zero-order chi connectivity index (χ0) is 22.4. The highest BCUT2D eigenvalue weighted by molar-refractivity contribution is 5.99. The molecular formula is C22H26N4O5. The van der Waals surface area contributed by atoms with E-state index < -0.39 is 12.1 Å². The number of para-hydroxylation sites is 1. The molecule has 31 heavy (non-hydrogen) atoms. The second kappa shape index (κ2) is 10.1. The van der Waals surface area contributed by atoms with E-state index in [4.69, 9.17) is 4.74 Å². The van der Waals surface area contributed by atoms with Gasteiger partial charge in [-0.2, -0.15) is 0 Å². The smallest absolute Gasteiger partial charge is 0.323 e. The lowest BCUT2D eigenvalue weighted by Gasteiger charge is -2.40. The number of hydrogen-bond donors (Lipinski definition) is 3. The summed E-state index contributed by atoms with van der Waals surface area (Å²) in [5.41, 5.74) is 1.97. The fraction of sp³-hybridized carbons (Fsp3) is 0.318. The molecule has 1 heterocycles. The predicted octanol–water partition coefficient (Wildman–Crippen LogP) is 1.68. The van der Waals surface area contributed by atoms with Gasteiger partial charge in [0.25, 0.3) is 0 Å². The van der Waals surface area contributed by atoms with Gasteiger partial charge in [-0.3, -0.25) is 9.59 Å². The van der Waals surface area contributed by atoms with Crippen LogP contribution in [0.2, 0.25) is 0 Å². The summed E-state index contributed by atoms with van der Waals surface area (Å²) in [5.74, 6) is -0.585. The van der Waals surface area contributed by atoms with Crippen LogP contribution in [0.25, 0.3) is 0 Å². The Morgan fingerprint density at radius 1 is 1.06 bits per heavy atom. The third-order valence-electron chi connectivity index (χ3n) is 4.98. The molecule has 1 aliphatic heterocycles. The first-order chi connectivity index (χ1) is 14.9. The Kier molecular flexibility index (Phi) is 7.22. The van der Waals surface area contributed by atoms with Crippen molar-refractivity contribution < 1.29 is 24.2 Å². The van der Waals surface area contributed by atoms with Crippen molar-refractivity contribution in [3.05, 3.63) is 60.2 Å². The average molecular weight is 426 g/mol. The molecule has 1 saturated heterocycles. The number of urea groups is 1. The Labute approximate surface area is 180 Å². The lowest BCUT2D eigenvalue weighted by Crippen LogP contribution is -2.55. The Morgan fingerprint density at radius 3 is 2.26 bits per heavy atom. The molecule has 0 aromatic heterocycles. The number of hydrogen-bond acceptors (Lipinski definition) is 5. The molecule has 0 spiro atoms. The molecule has 2 unspecified atom stereocenters. The van der Waals surface area contributed by atoms with Gasteiger partial charge in [-0.1, -0.05) is 30.3 Å². The minimum absolute atomic E-state index is 0.129. The quantitative estimate of drug-likeness (QED) is 0.651. The monoisotopic (exact) mass is 426 g/mol. The maximum atomic E-state index is 12.3. The van der Waals surface area contributed by atoms with Gasteiger partial charge in [-0.15, -0.1) is 0 Å². The van der Waals surface area contributed by atoms with E-state index >= 15 is 0 Å². The first-order valence-electron chi connectivity index (χ1n) is 9.84. The number of amides is 4. The van der Waals surface area contributed by atoms with E-state index in [0.29, 0.717) is 11.4 Å². The van der Waals surface area contributed by atoms with Crippen LogP contribution in [0.1, 0.15) is 11.7 Å². The van der Waals surface area contributed by atoms with E-state index in [9.17, 15) is 19.5 Å². The Hall–Kier alpha value is -3.43. The van der Waals surface area contributed by atoms with Gasteiger partial charge in [-0.25, -0.2) is 4.79 Å². The third kappa shape index (κ3) is 5.59. The second-order valence-electron chi connectivity index (χ2n) is 7.36. The van der Waals surface area contributed by atoms with Crippen molar-refractivity contribution in [2.45, 2.75) is 12.1 Å². The molecule has 0 radical (unpaired) electrons. The summed E-state index contributed by atoms with van der Waals surface area (Å²) in [5, 5.41) is 15.4. The highest BCUT2D eigenvalue weighted by Gasteiger charge is 2.38. The van der Waals surface area contributed by atoms with Crippen LogP contribution in [0.5, 0.6) is 0 Å². The second-order valence-corrected chi connectivity index (χ2v) is 7.36. The molecule has 2 aromatic carbocycles. The molecule has 2 aromatic rings. The molecular weight excluding hydrogens is 400 g/mol. The van der Waals surface area contributed by atoms with Crippen molar-refractivity contribution in [3.63, 3.8) is 0 Å². The van der Waals surface area contributed by atoms with Crippen molar-refractivity contribution in [1.29, 1.82) is 0 Å². The predicted molar refractivity (Wildman–Crippen MR) is 115 cm³/mol. The molecule has 9 heteroatoms. The van der Waals surface area contributed by atoms with Gasteiger partial charge in [0, 0.05) is 25.5 Å². The molecule has 164 valence electrons. The summed E-state index contributed by atoms with van der Waals surface area (Å²) in [7, 11) is 3.22. The molecule has 0 saturated carbocycles. The van der Waals surface area contributed by atoms with E-state index in [0.717, 1.165) is 5.56 Å². The topological polar surface area (TPSA) is 111 Å². The van der Waals surface area contributed by atoms with Crippen LogP contribution < -0.4 is 10.6 Å². The zero-order valence-corrected chi connectivity index (χ0v) is 17.4. The van der Waals surface area contributed by atoms with Crippen LogP contribution in [-0.2, 0) is 14.3 Å². The van der Waals surface area contributed by atoms with Gasteiger partial charge >= 0.3 is 6.03 Å². The van der Waals surface area contributed by atoms with E-state index in [-0.39, 0.29) is 37.6 Å². The molecule has 3 N–H and O–H groups in total. The molecule has 4 amide bonds. The number of nitrogens with zero attached hydrogens (tertiary/aromatic N) is 2. The summed E-state index contributed by atoms with van der Waals surface area (Å²) < 4.78 is 5.68. The number of carbonyl (C=O) groups excluding carboxylic acids is 3. The van der Waals surface area contributed by atoms with Crippen LogP contribution in [0.15, 0.2) is 54.6 Å². The van der Waals surface area contributed by atoms with Gasteiger partial charge < -0.3 is 30.3 Å². The maximum absolute atomic E-state index is 12.3. The number of likely N-dealkylation sites (N-methyl/N-ethyl adjacent to an activating group) is 1. The number of ether oxygens (including phenoxy) is 1. The lowest BCUT2D eigenvalue weighted by molar-refractivity contribution is -0.164. The Balaban J connectivity index is 1.68. The fourth-order valence-corrected chi connectivity index (χ4v) is 3.28. The molecule has 0 aliphatic carbocycles. The number of benzene rings is 2. The molecule has 2 atom stereocenters. The van der Waals surface area contributed by atoms with Gasteiger partial charge in [0.2, 0.25) is 11.8 Å². The van der Waals surface area contributed by atoms with Crippen LogP contribution in [-0.4, -0.2) is 72.6 Å². The van der Waals surface area contributed by atoms with Gasteiger partial charge in [0.1, 0.15) is 19.3 Å². The summed E-state index contributed by atoms with van der Waals surface area (Å²) in [6, 6.07) is 15.0. The number of nitrogens with one attached hydrogen (secondary N) is 2. The molecule has 3 rings (SSSR count). The Bertz CT molecular complexity index is 917. The highest BCUT2D eigenvalue weighted by Crippen LogP contribution is 2.30. The number of carbonyl (C=O) groups is 3. The molecule has 9 nitrogen and oxygen atoms in total. The van der Waals surface area contributed by atoms with Crippen LogP contribution >= 0.6 is 0 Å². The summed E-state index contributed by atoms with van der Waals surface area (Å²) in [6.45, 7) is -0.659. The highest BCUT2D eigenvalue weighted by atomic mass is 16.5. The van der Waals surface area contributed by atoms with Crippen LogP contribution in [0.3, 0.4) is 0 Å². The minimum Gasteiger partial charge on any atom is -0.394 e. The summed E-state index contributed by atoms with van der Waals surface area (Å²) >= 11 is 0. The Morgan fingerprint density at radius 2 is 1.68 bits per heavy atom. The van der Waals surface area contributed by atoms with E-state index in [2.05, 4.69) is 10.6 Å². The number of anilines is 2. The van der Waals surface area contributed by atoms with Gasteiger partial charge in [0.05, 0.1) is 12.6 Å². The number of aliphatic hydroxyl groups is 1. The zero-order valence-electron chi connectivity index (χ0n) is 17.4. The van der Waals surface area contributed by atoms with Crippen molar-refractivity contribution in [2.24, 2.45) is 0 Å². The van der Waals surface area contributed by atoms with E-state index in [1.165, 1.54) is 9.80 Å². The summed E-state index contributed by atoms with van der Waals surface area (Å²) in [4.78, 5) is 39.3. The first-order valence-corrected chi connectivity index (χ1v) is 9.84. The standard InChI is InChI=1S/C22H26N4O5/c1-25(2)19(28)12-26-18(13-27)21(31-14-20(26)29)15-8-10-17(11-9-15)24-22(30)23-16-6-4-3-5-7-16/h3-11,18,21,27H,12-14H2,1-2H3,(H2,23,24,30). The largest absolute Gasteiger partial charge is 0.394 e. The molecule has 1 aliphatic rings. The number of rotatable bonds is 6. The normalized spacial score (nSPS) is 18.4. The minimum atomic E-state index is -0.690. The lowest BCUT2D eigenvalue weighted by atomic mass is 9.99. The average Bonchev–Trinajstić information content (AvgIpc) is 2.76. The van der Waals surface area contributed by atoms with E-state index in [1.807, 2.05) is 18.2 Å². The van der Waals surface area contributed by atoms with Crippen molar-refractivity contribution in [2.75, 3.05) is 44.5 Å². The molecule has 1 fully saturated rings. The fourth-order valence-electron chi connectivity index (χ4n) is 3.28. The van der Waals surface area contributed by atoms with E-state index in [1.54, 1.807) is 50.5 Å². The van der Waals surface area contributed by atoms with Gasteiger partial charge in [-0.05, 0) is 29.8 Å². The van der Waals surface area contributed by atoms with Crippen molar-refractivity contribution in [1.82, 2.24) is 9.80 Å².